The molecule has 100 valence electrons. The number of halogens is 1. The Morgan fingerprint density at radius 3 is 2.89 bits per heavy atom. The summed E-state index contributed by atoms with van der Waals surface area (Å²) in [6.45, 7) is 1.74. The first kappa shape index (κ1) is 14.8. The third kappa shape index (κ3) is 4.18. The zero-order chi connectivity index (χ0) is 12.1. The molecule has 1 amide bonds. The largest absolute Gasteiger partial charge is 0.497 e. The van der Waals surface area contributed by atoms with Crippen molar-refractivity contribution in [2.45, 2.75) is 6.10 Å². The van der Waals surface area contributed by atoms with Gasteiger partial charge < -0.3 is 20.1 Å². The van der Waals surface area contributed by atoms with Gasteiger partial charge in [0, 0.05) is 24.8 Å². The highest BCUT2D eigenvalue weighted by molar-refractivity contribution is 5.91. The highest BCUT2D eigenvalue weighted by Crippen LogP contribution is 2.16. The highest BCUT2D eigenvalue weighted by Gasteiger charge is 2.18. The third-order valence-corrected chi connectivity index (χ3v) is 2.55. The van der Waals surface area contributed by atoms with Crippen LogP contribution in [0.2, 0.25) is 0 Å². The minimum atomic E-state index is -0.148. The topological polar surface area (TPSA) is 59.6 Å². The van der Waals surface area contributed by atoms with E-state index in [1.54, 1.807) is 13.2 Å². The number of nitrogens with one attached hydrogen (secondary N) is 2. The average molecular weight is 273 g/mol. The number of carbonyl (C=O) groups is 1. The first-order valence-corrected chi connectivity index (χ1v) is 5.54. The summed E-state index contributed by atoms with van der Waals surface area (Å²) in [5, 5.41) is 5.83. The Labute approximate surface area is 112 Å². The smallest absolute Gasteiger partial charge is 0.250 e. The van der Waals surface area contributed by atoms with E-state index in [2.05, 4.69) is 10.6 Å². The molecule has 0 aromatic heterocycles. The number of ether oxygens (including phenoxy) is 2. The van der Waals surface area contributed by atoms with Gasteiger partial charge in [0.1, 0.15) is 12.4 Å². The lowest BCUT2D eigenvalue weighted by Crippen LogP contribution is -2.49. The maximum absolute atomic E-state index is 11.6. The number of rotatable bonds is 5. The summed E-state index contributed by atoms with van der Waals surface area (Å²) in [5.74, 6) is 0.567. The SMILES string of the molecule is COc1cccc(NC(=O)COC2CNC2)c1.Cl. The molecule has 0 spiro atoms. The van der Waals surface area contributed by atoms with Crippen molar-refractivity contribution in [3.8, 4) is 5.75 Å². The molecule has 1 heterocycles. The minimum Gasteiger partial charge on any atom is -0.497 e. The monoisotopic (exact) mass is 272 g/mol. The van der Waals surface area contributed by atoms with Gasteiger partial charge in [-0.1, -0.05) is 6.07 Å². The molecular weight excluding hydrogens is 256 g/mol. The first-order valence-electron chi connectivity index (χ1n) is 5.54. The third-order valence-electron chi connectivity index (χ3n) is 2.55. The van der Waals surface area contributed by atoms with Gasteiger partial charge in [-0.05, 0) is 12.1 Å². The number of carbonyl (C=O) groups excluding carboxylic acids is 1. The Balaban J connectivity index is 0.00000162. The first-order chi connectivity index (χ1) is 8.28. The van der Waals surface area contributed by atoms with Crippen LogP contribution in [0.5, 0.6) is 5.75 Å². The van der Waals surface area contributed by atoms with Gasteiger partial charge in [-0.15, -0.1) is 12.4 Å². The van der Waals surface area contributed by atoms with Gasteiger partial charge in [0.05, 0.1) is 13.2 Å². The summed E-state index contributed by atoms with van der Waals surface area (Å²) in [7, 11) is 1.59. The predicted octanol–water partition coefficient (Wildman–Crippen LogP) is 1.04. The van der Waals surface area contributed by atoms with Gasteiger partial charge in [-0.25, -0.2) is 0 Å². The number of methoxy groups -OCH3 is 1. The Morgan fingerprint density at radius 1 is 1.50 bits per heavy atom. The predicted molar refractivity (Wildman–Crippen MR) is 71.5 cm³/mol. The van der Waals surface area contributed by atoms with Crippen molar-refractivity contribution in [2.24, 2.45) is 0 Å². The van der Waals surface area contributed by atoms with Crippen LogP contribution in [-0.4, -0.2) is 38.8 Å². The van der Waals surface area contributed by atoms with Crippen LogP contribution in [-0.2, 0) is 9.53 Å². The Kier molecular flexibility index (Phi) is 5.91. The molecule has 0 bridgehead atoms. The fourth-order valence-corrected chi connectivity index (χ4v) is 1.47. The van der Waals surface area contributed by atoms with Crippen LogP contribution < -0.4 is 15.4 Å². The molecule has 1 aromatic rings. The molecule has 0 saturated carbocycles. The van der Waals surface area contributed by atoms with Crippen LogP contribution in [0, 0.1) is 0 Å². The molecule has 1 aliphatic heterocycles. The van der Waals surface area contributed by atoms with E-state index in [0.717, 1.165) is 13.1 Å². The molecule has 1 fully saturated rings. The summed E-state index contributed by atoms with van der Waals surface area (Å²) in [6.07, 6.45) is 0.172. The molecule has 2 N–H and O–H groups in total. The van der Waals surface area contributed by atoms with E-state index in [1.165, 1.54) is 0 Å². The van der Waals surface area contributed by atoms with Gasteiger partial charge in [0.2, 0.25) is 5.91 Å². The van der Waals surface area contributed by atoms with E-state index in [9.17, 15) is 4.79 Å². The van der Waals surface area contributed by atoms with Crippen molar-refractivity contribution in [3.05, 3.63) is 24.3 Å². The molecule has 1 aliphatic rings. The molecule has 1 saturated heterocycles. The lowest BCUT2D eigenvalue weighted by molar-refractivity contribution is -0.123. The lowest BCUT2D eigenvalue weighted by atomic mass is 10.2. The summed E-state index contributed by atoms with van der Waals surface area (Å²) >= 11 is 0. The fourth-order valence-electron chi connectivity index (χ4n) is 1.47. The average Bonchev–Trinajstić information content (AvgIpc) is 2.27. The van der Waals surface area contributed by atoms with Crippen LogP contribution in [0.25, 0.3) is 0 Å². The summed E-state index contributed by atoms with van der Waals surface area (Å²) in [5.41, 5.74) is 0.713. The Hall–Kier alpha value is -1.30. The molecule has 0 radical (unpaired) electrons. The summed E-state index contributed by atoms with van der Waals surface area (Å²) < 4.78 is 10.4. The van der Waals surface area contributed by atoms with Crippen molar-refractivity contribution >= 4 is 24.0 Å². The van der Waals surface area contributed by atoms with Crippen LogP contribution in [0.1, 0.15) is 0 Å². The Bertz CT molecular complexity index is 397. The second-order valence-electron chi connectivity index (χ2n) is 3.87. The van der Waals surface area contributed by atoms with E-state index >= 15 is 0 Å². The van der Waals surface area contributed by atoms with E-state index < -0.39 is 0 Å². The lowest BCUT2D eigenvalue weighted by Gasteiger charge is -2.26. The summed E-state index contributed by atoms with van der Waals surface area (Å²) in [6, 6.07) is 7.23. The van der Waals surface area contributed by atoms with E-state index in [0.29, 0.717) is 11.4 Å². The van der Waals surface area contributed by atoms with Gasteiger partial charge in [0.25, 0.3) is 0 Å². The van der Waals surface area contributed by atoms with Crippen molar-refractivity contribution in [3.63, 3.8) is 0 Å². The van der Waals surface area contributed by atoms with Crippen molar-refractivity contribution in [1.82, 2.24) is 5.32 Å². The normalized spacial score (nSPS) is 14.3. The van der Waals surface area contributed by atoms with Crippen molar-refractivity contribution in [2.75, 3.05) is 32.1 Å². The van der Waals surface area contributed by atoms with Gasteiger partial charge in [0.15, 0.2) is 0 Å². The fraction of sp³-hybridized carbons (Fsp3) is 0.417. The zero-order valence-corrected chi connectivity index (χ0v) is 11.0. The second-order valence-corrected chi connectivity index (χ2v) is 3.87. The van der Waals surface area contributed by atoms with Gasteiger partial charge in [-0.2, -0.15) is 0 Å². The van der Waals surface area contributed by atoms with Gasteiger partial charge >= 0.3 is 0 Å². The van der Waals surface area contributed by atoms with Gasteiger partial charge in [-0.3, -0.25) is 4.79 Å². The molecular formula is C12H17ClN2O3. The second kappa shape index (κ2) is 7.20. The van der Waals surface area contributed by atoms with Crippen LogP contribution in [0.15, 0.2) is 24.3 Å². The standard InChI is InChI=1S/C12H16N2O3.ClH/c1-16-10-4-2-3-9(5-10)14-12(15)8-17-11-6-13-7-11;/h2-5,11,13H,6-8H2,1H3,(H,14,15);1H. The molecule has 18 heavy (non-hydrogen) atoms. The summed E-state index contributed by atoms with van der Waals surface area (Å²) in [4.78, 5) is 11.6. The Morgan fingerprint density at radius 2 is 2.28 bits per heavy atom. The zero-order valence-electron chi connectivity index (χ0n) is 10.1. The minimum absolute atomic E-state index is 0. The number of amides is 1. The number of anilines is 1. The maximum atomic E-state index is 11.6. The van der Waals surface area contributed by atoms with Crippen LogP contribution in [0.4, 0.5) is 5.69 Å². The van der Waals surface area contributed by atoms with E-state index in [4.69, 9.17) is 9.47 Å². The number of hydrogen-bond acceptors (Lipinski definition) is 4. The molecule has 5 nitrogen and oxygen atoms in total. The number of hydrogen-bond donors (Lipinski definition) is 2. The molecule has 6 heteroatoms. The van der Waals surface area contributed by atoms with Crippen molar-refractivity contribution < 1.29 is 14.3 Å². The molecule has 2 rings (SSSR count). The molecule has 0 aliphatic carbocycles. The van der Waals surface area contributed by atoms with E-state index in [1.807, 2.05) is 18.2 Å². The quantitative estimate of drug-likeness (QED) is 0.841. The number of benzene rings is 1. The highest BCUT2D eigenvalue weighted by atomic mass is 35.5. The van der Waals surface area contributed by atoms with Crippen LogP contribution >= 0.6 is 12.4 Å². The molecule has 0 unspecified atom stereocenters. The molecule has 1 aromatic carbocycles. The van der Waals surface area contributed by atoms with E-state index in [-0.39, 0.29) is 31.0 Å². The van der Waals surface area contributed by atoms with Crippen LogP contribution in [0.3, 0.4) is 0 Å². The maximum Gasteiger partial charge on any atom is 0.250 e. The molecule has 0 atom stereocenters. The van der Waals surface area contributed by atoms with Crippen molar-refractivity contribution in [1.29, 1.82) is 0 Å².